The van der Waals surface area contributed by atoms with Crippen molar-refractivity contribution in [3.05, 3.63) is 58.9 Å². The fraction of sp³-hybridized carbons (Fsp3) is 0.267. The number of hydrogen-bond donors (Lipinski definition) is 0. The van der Waals surface area contributed by atoms with Crippen molar-refractivity contribution in [2.45, 2.75) is 18.6 Å². The Morgan fingerprint density at radius 1 is 1.33 bits per heavy atom. The Balaban J connectivity index is 2.01. The van der Waals surface area contributed by atoms with Gasteiger partial charge in [0, 0.05) is 17.8 Å². The van der Waals surface area contributed by atoms with Crippen LogP contribution in [0.15, 0.2) is 42.7 Å². The van der Waals surface area contributed by atoms with E-state index in [1.807, 2.05) is 19.1 Å². The van der Waals surface area contributed by atoms with E-state index in [0.29, 0.717) is 23.7 Å². The molecule has 1 aliphatic rings. The van der Waals surface area contributed by atoms with Crippen molar-refractivity contribution in [2.75, 3.05) is 10.8 Å². The smallest absolute Gasteiger partial charge is 0.242 e. The molecule has 0 aliphatic carbocycles. The topological polar surface area (TPSA) is 50.3 Å². The third kappa shape index (κ3) is 2.51. The van der Waals surface area contributed by atoms with Crippen molar-refractivity contribution in [3.63, 3.8) is 0 Å². The van der Waals surface area contributed by atoms with Crippen LogP contribution in [0.1, 0.15) is 22.8 Å². The summed E-state index contributed by atoms with van der Waals surface area (Å²) in [7, 11) is -3.44. The summed E-state index contributed by atoms with van der Waals surface area (Å²) in [4.78, 5) is 4.04. The maximum absolute atomic E-state index is 12.8. The van der Waals surface area contributed by atoms with E-state index >= 15 is 0 Å². The van der Waals surface area contributed by atoms with Gasteiger partial charge in [-0.15, -0.1) is 0 Å². The minimum Gasteiger partial charge on any atom is -0.268 e. The lowest BCUT2D eigenvalue weighted by Crippen LogP contribution is -2.27. The van der Waals surface area contributed by atoms with E-state index in [9.17, 15) is 8.42 Å². The Morgan fingerprint density at radius 3 is 2.86 bits per heavy atom. The Bertz CT molecular complexity index is 777. The largest absolute Gasteiger partial charge is 0.268 e. The van der Waals surface area contributed by atoms with Gasteiger partial charge in [0.2, 0.25) is 10.0 Å². The molecule has 0 amide bonds. The molecule has 2 heterocycles. The quantitative estimate of drug-likeness (QED) is 0.852. The lowest BCUT2D eigenvalue weighted by Gasteiger charge is -2.20. The molecule has 110 valence electrons. The molecule has 3 rings (SSSR count). The van der Waals surface area contributed by atoms with Crippen molar-refractivity contribution in [1.29, 1.82) is 0 Å². The minimum atomic E-state index is -3.44. The first-order chi connectivity index (χ1) is 10.00. The van der Waals surface area contributed by atoms with Gasteiger partial charge in [-0.05, 0) is 42.7 Å². The second-order valence-electron chi connectivity index (χ2n) is 5.11. The summed E-state index contributed by atoms with van der Waals surface area (Å²) in [6.07, 6.45) is 3.82. The Labute approximate surface area is 129 Å². The molecule has 0 spiro atoms. The second-order valence-corrected chi connectivity index (χ2v) is 7.59. The molecular weight excluding hydrogens is 308 g/mol. The van der Waals surface area contributed by atoms with Crippen LogP contribution < -0.4 is 4.31 Å². The van der Waals surface area contributed by atoms with Crippen LogP contribution in [0, 0.1) is 6.92 Å². The van der Waals surface area contributed by atoms with Crippen molar-refractivity contribution in [1.82, 2.24) is 4.98 Å². The number of benzene rings is 1. The van der Waals surface area contributed by atoms with Crippen LogP contribution >= 0.6 is 11.6 Å². The highest BCUT2D eigenvalue weighted by atomic mass is 35.5. The molecule has 1 aliphatic heterocycles. The van der Waals surface area contributed by atoms with Crippen molar-refractivity contribution in [2.24, 2.45) is 0 Å². The van der Waals surface area contributed by atoms with E-state index in [4.69, 9.17) is 11.6 Å². The first kappa shape index (κ1) is 14.4. The molecule has 1 fully saturated rings. The molecule has 0 saturated carbocycles. The van der Waals surface area contributed by atoms with Gasteiger partial charge in [-0.3, -0.25) is 9.29 Å². The van der Waals surface area contributed by atoms with E-state index in [2.05, 4.69) is 4.98 Å². The van der Waals surface area contributed by atoms with Gasteiger partial charge in [0.15, 0.2) is 0 Å². The number of sulfonamides is 1. The number of aryl methyl sites for hydroxylation is 1. The SMILES string of the molecule is Cc1ccncc1N1CCC(c2cccc(Cl)c2)S1(=O)=O. The predicted octanol–water partition coefficient (Wildman–Crippen LogP) is 3.32. The lowest BCUT2D eigenvalue weighted by atomic mass is 10.1. The van der Waals surface area contributed by atoms with Gasteiger partial charge in [0.25, 0.3) is 0 Å². The molecule has 0 radical (unpaired) electrons. The van der Waals surface area contributed by atoms with E-state index in [1.54, 1.807) is 30.6 Å². The number of aromatic nitrogens is 1. The Kier molecular flexibility index (Phi) is 3.63. The normalized spacial score (nSPS) is 20.7. The average Bonchev–Trinajstić information content (AvgIpc) is 2.74. The molecule has 1 saturated heterocycles. The van der Waals surface area contributed by atoms with Gasteiger partial charge < -0.3 is 0 Å². The van der Waals surface area contributed by atoms with Crippen molar-refractivity contribution in [3.8, 4) is 0 Å². The van der Waals surface area contributed by atoms with E-state index in [-0.39, 0.29) is 0 Å². The molecule has 2 aromatic rings. The van der Waals surface area contributed by atoms with Gasteiger partial charge in [0.1, 0.15) is 5.25 Å². The zero-order valence-electron chi connectivity index (χ0n) is 11.5. The van der Waals surface area contributed by atoms with Gasteiger partial charge in [-0.1, -0.05) is 23.7 Å². The van der Waals surface area contributed by atoms with Gasteiger partial charge >= 0.3 is 0 Å². The summed E-state index contributed by atoms with van der Waals surface area (Å²) in [5.74, 6) is 0. The zero-order chi connectivity index (χ0) is 15.0. The van der Waals surface area contributed by atoms with Gasteiger partial charge in [0.05, 0.1) is 11.9 Å². The summed E-state index contributed by atoms with van der Waals surface area (Å²) in [6, 6.07) is 8.88. The van der Waals surface area contributed by atoms with Crippen molar-refractivity contribution >= 4 is 27.3 Å². The van der Waals surface area contributed by atoms with Crippen molar-refractivity contribution < 1.29 is 8.42 Å². The number of nitrogens with zero attached hydrogens (tertiary/aromatic N) is 2. The third-order valence-electron chi connectivity index (χ3n) is 3.76. The molecule has 1 aromatic carbocycles. The number of hydrogen-bond acceptors (Lipinski definition) is 3. The highest BCUT2D eigenvalue weighted by Gasteiger charge is 2.40. The minimum absolute atomic E-state index is 0.464. The van der Waals surface area contributed by atoms with Crippen LogP contribution in [0.4, 0.5) is 5.69 Å². The van der Waals surface area contributed by atoms with Crippen LogP contribution in [0.2, 0.25) is 5.02 Å². The van der Waals surface area contributed by atoms with E-state index in [1.165, 1.54) is 4.31 Å². The van der Waals surface area contributed by atoms with Crippen LogP contribution in [-0.4, -0.2) is 19.9 Å². The Morgan fingerprint density at radius 2 is 2.14 bits per heavy atom. The molecule has 21 heavy (non-hydrogen) atoms. The predicted molar refractivity (Wildman–Crippen MR) is 84.0 cm³/mol. The van der Waals surface area contributed by atoms with Crippen LogP contribution in [0.3, 0.4) is 0 Å². The van der Waals surface area contributed by atoms with Crippen LogP contribution in [0.25, 0.3) is 0 Å². The van der Waals surface area contributed by atoms with E-state index < -0.39 is 15.3 Å². The summed E-state index contributed by atoms with van der Waals surface area (Å²) in [5, 5.41) is 0.00881. The maximum atomic E-state index is 12.8. The number of rotatable bonds is 2. The van der Waals surface area contributed by atoms with E-state index in [0.717, 1.165) is 11.1 Å². The molecular formula is C15H15ClN2O2S. The monoisotopic (exact) mass is 322 g/mol. The fourth-order valence-corrected chi connectivity index (χ4v) is 4.91. The molecule has 1 unspecified atom stereocenters. The molecule has 0 bridgehead atoms. The second kappa shape index (κ2) is 5.31. The maximum Gasteiger partial charge on any atom is 0.242 e. The molecule has 1 aromatic heterocycles. The third-order valence-corrected chi connectivity index (χ3v) is 6.22. The standard InChI is InChI=1S/C15H15ClN2O2S/c1-11-5-7-17-10-14(11)18-8-6-15(21(18,19)20)12-3-2-4-13(16)9-12/h2-5,7,9-10,15H,6,8H2,1H3. The Hall–Kier alpha value is -1.59. The number of halogens is 1. The van der Waals surface area contributed by atoms with Crippen LogP contribution in [0.5, 0.6) is 0 Å². The highest BCUT2D eigenvalue weighted by molar-refractivity contribution is 7.93. The number of anilines is 1. The summed E-state index contributed by atoms with van der Waals surface area (Å²) in [5.41, 5.74) is 2.30. The van der Waals surface area contributed by atoms with Gasteiger partial charge in [-0.2, -0.15) is 0 Å². The van der Waals surface area contributed by atoms with Gasteiger partial charge in [-0.25, -0.2) is 8.42 Å². The zero-order valence-corrected chi connectivity index (χ0v) is 13.1. The summed E-state index contributed by atoms with van der Waals surface area (Å²) >= 11 is 5.98. The number of pyridine rings is 1. The molecule has 1 atom stereocenters. The summed E-state index contributed by atoms with van der Waals surface area (Å²) in [6.45, 7) is 2.35. The average molecular weight is 323 g/mol. The highest BCUT2D eigenvalue weighted by Crippen LogP contribution is 2.39. The molecule has 0 N–H and O–H groups in total. The first-order valence-corrected chi connectivity index (χ1v) is 8.56. The van der Waals surface area contributed by atoms with Crippen LogP contribution in [-0.2, 0) is 10.0 Å². The summed E-state index contributed by atoms with van der Waals surface area (Å²) < 4.78 is 27.1. The lowest BCUT2D eigenvalue weighted by molar-refractivity contribution is 0.590. The molecule has 4 nitrogen and oxygen atoms in total. The fourth-order valence-electron chi connectivity index (χ4n) is 2.68. The molecule has 6 heteroatoms. The first-order valence-electron chi connectivity index (χ1n) is 6.68.